The Balaban J connectivity index is 0.000000346. The maximum atomic E-state index is 14.1. The van der Waals surface area contributed by atoms with Crippen molar-refractivity contribution in [3.63, 3.8) is 0 Å². The lowest BCUT2D eigenvalue weighted by Crippen LogP contribution is -2.21. The van der Waals surface area contributed by atoms with E-state index >= 15 is 0 Å². The summed E-state index contributed by atoms with van der Waals surface area (Å²) in [4.78, 5) is 15.0. The van der Waals surface area contributed by atoms with Gasteiger partial charge in [-0.15, -0.1) is 0 Å². The van der Waals surface area contributed by atoms with Crippen LogP contribution in [0.3, 0.4) is 0 Å². The SMILES string of the molecule is CC(=O)Nc1ccc(C(F)(F)F)cc1.CC/C=C(\CCC)c1ncc(C(C)(F)CO)cc1C. The molecular weight excluding hydrogens is 436 g/mol. The third kappa shape index (κ3) is 8.96. The summed E-state index contributed by atoms with van der Waals surface area (Å²) >= 11 is 0. The number of nitrogens with one attached hydrogen (secondary N) is 1. The normalized spacial score (nSPS) is 13.6. The van der Waals surface area contributed by atoms with Gasteiger partial charge >= 0.3 is 6.18 Å². The quantitative estimate of drug-likeness (QED) is 0.438. The number of pyridine rings is 1. The zero-order valence-electron chi connectivity index (χ0n) is 19.7. The average molecular weight is 469 g/mol. The van der Waals surface area contributed by atoms with E-state index < -0.39 is 24.0 Å². The Kier molecular flexibility index (Phi) is 10.7. The molecule has 4 nitrogen and oxygen atoms in total. The molecule has 33 heavy (non-hydrogen) atoms. The molecule has 0 radical (unpaired) electrons. The van der Waals surface area contributed by atoms with E-state index in [9.17, 15) is 22.4 Å². The van der Waals surface area contributed by atoms with Crippen molar-refractivity contribution in [2.24, 2.45) is 0 Å². The van der Waals surface area contributed by atoms with E-state index in [0.717, 1.165) is 42.7 Å². The van der Waals surface area contributed by atoms with E-state index in [2.05, 4.69) is 30.2 Å². The molecule has 0 fully saturated rings. The molecule has 0 saturated carbocycles. The van der Waals surface area contributed by atoms with Crippen LogP contribution in [0, 0.1) is 6.92 Å². The molecular formula is C25H32F4N2O2. The highest BCUT2D eigenvalue weighted by molar-refractivity contribution is 5.88. The standard InChI is InChI=1S/C16H24FNO.C9H8F3NO/c1-5-7-13(8-6-2)15-12(3)9-14(10-18-15)16(4,17)11-19;1-6(14)13-8-4-2-7(3-5-8)9(10,11)12/h7,9-10,19H,5-6,8,11H2,1-4H3;2-5H,1H3,(H,13,14)/b13-7+;. The van der Waals surface area contributed by atoms with Gasteiger partial charge in [0.15, 0.2) is 5.67 Å². The Labute approximate surface area is 192 Å². The topological polar surface area (TPSA) is 62.2 Å². The number of alkyl halides is 4. The summed E-state index contributed by atoms with van der Waals surface area (Å²) in [5, 5.41) is 11.4. The van der Waals surface area contributed by atoms with Gasteiger partial charge in [0.1, 0.15) is 0 Å². The van der Waals surface area contributed by atoms with Crippen molar-refractivity contribution in [2.75, 3.05) is 11.9 Å². The first kappa shape index (κ1) is 28.3. The zero-order chi connectivity index (χ0) is 25.2. The number of benzene rings is 1. The number of hydrogen-bond acceptors (Lipinski definition) is 3. The molecule has 0 aliphatic rings. The summed E-state index contributed by atoms with van der Waals surface area (Å²) in [7, 11) is 0. The summed E-state index contributed by atoms with van der Waals surface area (Å²) in [6.45, 7) is 8.31. The second kappa shape index (κ2) is 12.5. The summed E-state index contributed by atoms with van der Waals surface area (Å²) in [6.07, 6.45) is 2.39. The van der Waals surface area contributed by atoms with Gasteiger partial charge in [0.2, 0.25) is 5.91 Å². The van der Waals surface area contributed by atoms with E-state index in [0.29, 0.717) is 11.3 Å². The van der Waals surface area contributed by atoms with Gasteiger partial charge in [0.05, 0.1) is 17.9 Å². The maximum absolute atomic E-state index is 14.1. The van der Waals surface area contributed by atoms with Gasteiger partial charge in [-0.2, -0.15) is 13.2 Å². The Morgan fingerprint density at radius 1 is 1.12 bits per heavy atom. The number of amides is 1. The fourth-order valence-corrected chi connectivity index (χ4v) is 3.07. The Hall–Kier alpha value is -2.74. The fourth-order valence-electron chi connectivity index (χ4n) is 3.07. The van der Waals surface area contributed by atoms with Crippen LogP contribution in [-0.2, 0) is 16.6 Å². The van der Waals surface area contributed by atoms with Gasteiger partial charge in [-0.1, -0.05) is 26.3 Å². The summed E-state index contributed by atoms with van der Waals surface area (Å²) in [5.41, 5.74) is 1.46. The number of aliphatic hydroxyl groups is 1. The first-order valence-electron chi connectivity index (χ1n) is 10.8. The van der Waals surface area contributed by atoms with E-state index in [1.807, 2.05) is 6.92 Å². The second-order valence-electron chi connectivity index (χ2n) is 7.89. The van der Waals surface area contributed by atoms with Gasteiger partial charge < -0.3 is 10.4 Å². The number of rotatable bonds is 7. The molecule has 0 aliphatic carbocycles. The number of nitrogens with zero attached hydrogens (tertiary/aromatic N) is 1. The number of hydrogen-bond donors (Lipinski definition) is 2. The molecule has 0 saturated heterocycles. The van der Waals surface area contributed by atoms with Crippen LogP contribution >= 0.6 is 0 Å². The molecule has 8 heteroatoms. The van der Waals surface area contributed by atoms with Crippen LogP contribution in [0.4, 0.5) is 23.2 Å². The lowest BCUT2D eigenvalue weighted by atomic mass is 9.95. The summed E-state index contributed by atoms with van der Waals surface area (Å²) in [5.74, 6) is -0.315. The molecule has 182 valence electrons. The molecule has 2 N–H and O–H groups in total. The van der Waals surface area contributed by atoms with Gasteiger partial charge in [-0.05, 0) is 68.2 Å². The molecule has 1 unspecified atom stereocenters. The Bertz CT molecular complexity index is 936. The molecule has 0 bridgehead atoms. The minimum atomic E-state index is -4.34. The highest BCUT2D eigenvalue weighted by Gasteiger charge is 2.30. The largest absolute Gasteiger partial charge is 0.416 e. The molecule has 0 aliphatic heterocycles. The number of aryl methyl sites for hydroxylation is 1. The van der Waals surface area contributed by atoms with Crippen LogP contribution in [0.1, 0.15) is 69.3 Å². The van der Waals surface area contributed by atoms with Crippen molar-refractivity contribution >= 4 is 17.2 Å². The highest BCUT2D eigenvalue weighted by atomic mass is 19.4. The van der Waals surface area contributed by atoms with Crippen molar-refractivity contribution in [1.82, 2.24) is 4.98 Å². The van der Waals surface area contributed by atoms with E-state index in [-0.39, 0.29) is 5.91 Å². The molecule has 1 aromatic carbocycles. The van der Waals surface area contributed by atoms with Crippen LogP contribution in [0.5, 0.6) is 0 Å². The van der Waals surface area contributed by atoms with Crippen molar-refractivity contribution in [1.29, 1.82) is 0 Å². The summed E-state index contributed by atoms with van der Waals surface area (Å²) in [6, 6.07) is 6.06. The van der Waals surface area contributed by atoms with Gasteiger partial charge in [0, 0.05) is 24.4 Å². The number of anilines is 1. The van der Waals surface area contributed by atoms with Crippen molar-refractivity contribution in [2.45, 2.75) is 65.7 Å². The molecule has 0 spiro atoms. The van der Waals surface area contributed by atoms with Crippen molar-refractivity contribution < 1.29 is 27.5 Å². The number of halogens is 4. The number of aromatic nitrogens is 1. The molecule has 1 aromatic heterocycles. The molecule has 2 rings (SSSR count). The second-order valence-corrected chi connectivity index (χ2v) is 7.89. The monoisotopic (exact) mass is 468 g/mol. The minimum Gasteiger partial charge on any atom is -0.393 e. The number of carbonyl (C=O) groups excluding carboxylic acids is 1. The van der Waals surface area contributed by atoms with E-state index in [1.165, 1.54) is 37.8 Å². The minimum absolute atomic E-state index is 0.315. The average Bonchev–Trinajstić information content (AvgIpc) is 2.73. The van der Waals surface area contributed by atoms with Gasteiger partial charge in [0.25, 0.3) is 0 Å². The van der Waals surface area contributed by atoms with Gasteiger partial charge in [-0.25, -0.2) is 4.39 Å². The third-order valence-electron chi connectivity index (χ3n) is 4.78. The number of carbonyl (C=O) groups is 1. The maximum Gasteiger partial charge on any atom is 0.416 e. The van der Waals surface area contributed by atoms with E-state index in [4.69, 9.17) is 5.11 Å². The Morgan fingerprint density at radius 3 is 2.15 bits per heavy atom. The lowest BCUT2D eigenvalue weighted by Gasteiger charge is -2.19. The van der Waals surface area contributed by atoms with Crippen LogP contribution in [0.25, 0.3) is 5.57 Å². The number of aliphatic hydroxyl groups excluding tert-OH is 1. The van der Waals surface area contributed by atoms with Crippen LogP contribution in [0.2, 0.25) is 0 Å². The van der Waals surface area contributed by atoms with Crippen LogP contribution in [-0.4, -0.2) is 22.6 Å². The van der Waals surface area contributed by atoms with Crippen LogP contribution < -0.4 is 5.32 Å². The molecule has 1 amide bonds. The molecule has 2 aromatic rings. The summed E-state index contributed by atoms with van der Waals surface area (Å²) < 4.78 is 50.3. The van der Waals surface area contributed by atoms with Gasteiger partial charge in [-0.3, -0.25) is 9.78 Å². The molecule has 1 atom stereocenters. The zero-order valence-corrected chi connectivity index (χ0v) is 19.7. The lowest BCUT2D eigenvalue weighted by molar-refractivity contribution is -0.137. The van der Waals surface area contributed by atoms with Crippen molar-refractivity contribution in [3.05, 3.63) is 65.0 Å². The highest BCUT2D eigenvalue weighted by Crippen LogP contribution is 2.30. The third-order valence-corrected chi connectivity index (χ3v) is 4.78. The fraction of sp³-hybridized carbons (Fsp3) is 0.440. The van der Waals surface area contributed by atoms with Crippen LogP contribution in [0.15, 0.2) is 42.6 Å². The first-order chi connectivity index (χ1) is 15.3. The van der Waals surface area contributed by atoms with E-state index in [1.54, 1.807) is 6.07 Å². The molecule has 1 heterocycles. The predicted molar refractivity (Wildman–Crippen MR) is 123 cm³/mol. The Morgan fingerprint density at radius 2 is 1.73 bits per heavy atom. The predicted octanol–water partition coefficient (Wildman–Crippen LogP) is 6.82. The first-order valence-corrected chi connectivity index (χ1v) is 10.8. The van der Waals surface area contributed by atoms with Crippen molar-refractivity contribution in [3.8, 4) is 0 Å². The number of allylic oxidation sites excluding steroid dienone is 2. The smallest absolute Gasteiger partial charge is 0.393 e.